The van der Waals surface area contributed by atoms with Crippen molar-refractivity contribution in [2.45, 2.75) is 207 Å². The zero-order valence-corrected chi connectivity index (χ0v) is 42.2. The third-order valence-corrected chi connectivity index (χ3v) is 14.2. The summed E-state index contributed by atoms with van der Waals surface area (Å²) in [6, 6.07) is 11.9. The van der Waals surface area contributed by atoms with Gasteiger partial charge in [0.2, 0.25) is 5.91 Å². The first-order valence-electron chi connectivity index (χ1n) is 26.3. The molecule has 0 N–H and O–H groups in total. The van der Waals surface area contributed by atoms with Crippen molar-refractivity contribution in [3.8, 4) is 5.75 Å². The van der Waals surface area contributed by atoms with Gasteiger partial charge in [-0.15, -0.1) is 0 Å². The van der Waals surface area contributed by atoms with Crippen LogP contribution in [0.25, 0.3) is 0 Å². The van der Waals surface area contributed by atoms with Crippen molar-refractivity contribution in [2.75, 3.05) is 62.2 Å². The highest BCUT2D eigenvalue weighted by Gasteiger charge is 2.32. The number of amides is 2. The number of nitrogens with zero attached hydrogens (tertiary/aromatic N) is 4. The Bertz CT molecular complexity index is 1540. The highest BCUT2D eigenvalue weighted by Crippen LogP contribution is 2.35. The Morgan fingerprint density at radius 2 is 1.17 bits per heavy atom. The second kappa shape index (κ2) is 32.9. The Morgan fingerprint density at radius 3 is 1.72 bits per heavy atom. The molecule has 4 rings (SSSR count). The molecule has 1 saturated heterocycles. The quantitative estimate of drug-likeness (QED) is 0.0642. The molecule has 8 nitrogen and oxygen atoms in total. The lowest BCUT2D eigenvalue weighted by Gasteiger charge is -2.36. The SMILES string of the molecule is CCCCCCCCCCCCCCN(CCCCCCCCCCCCCC)C(=O)OC(C)N1C(=O)CCc2ccc(OCCCCN3CCN(c4cccc(Cl)c4Cl)CC3)cc21. The van der Waals surface area contributed by atoms with Crippen molar-refractivity contribution in [1.29, 1.82) is 0 Å². The normalized spacial score (nSPS) is 14.8. The Labute approximate surface area is 400 Å². The molecule has 2 aromatic carbocycles. The minimum absolute atomic E-state index is 0.0175. The fraction of sp³-hybridized carbons (Fsp3) is 0.741. The van der Waals surface area contributed by atoms with Crippen LogP contribution in [0.2, 0.25) is 10.0 Å². The van der Waals surface area contributed by atoms with Gasteiger partial charge in [0.1, 0.15) is 5.75 Å². The van der Waals surface area contributed by atoms with Crippen LogP contribution in [0.15, 0.2) is 36.4 Å². The Morgan fingerprint density at radius 1 is 0.641 bits per heavy atom. The van der Waals surface area contributed by atoms with Gasteiger partial charge in [0.25, 0.3) is 0 Å². The van der Waals surface area contributed by atoms with Crippen molar-refractivity contribution >= 4 is 46.6 Å². The predicted octanol–water partition coefficient (Wildman–Crippen LogP) is 15.4. The monoisotopic (exact) mass is 927 g/mol. The summed E-state index contributed by atoms with van der Waals surface area (Å²) in [6.45, 7) is 13.2. The minimum Gasteiger partial charge on any atom is -0.494 e. The van der Waals surface area contributed by atoms with Crippen molar-refractivity contribution in [2.24, 2.45) is 0 Å². The number of carbonyl (C=O) groups excluding carboxylic acids is 2. The molecule has 0 spiro atoms. The van der Waals surface area contributed by atoms with Crippen LogP contribution >= 0.6 is 23.2 Å². The number of fused-ring (bicyclic) bond motifs is 1. The number of anilines is 2. The summed E-state index contributed by atoms with van der Waals surface area (Å²) < 4.78 is 12.4. The van der Waals surface area contributed by atoms with E-state index in [1.807, 2.05) is 42.2 Å². The maximum absolute atomic E-state index is 13.9. The van der Waals surface area contributed by atoms with Gasteiger partial charge in [-0.2, -0.15) is 0 Å². The van der Waals surface area contributed by atoms with Gasteiger partial charge in [0, 0.05) is 51.8 Å². The second-order valence-electron chi connectivity index (χ2n) is 18.8. The van der Waals surface area contributed by atoms with E-state index >= 15 is 0 Å². The third kappa shape index (κ3) is 20.5. The van der Waals surface area contributed by atoms with Gasteiger partial charge in [-0.05, 0) is 69.3 Å². The fourth-order valence-electron chi connectivity index (χ4n) is 9.40. The smallest absolute Gasteiger partial charge is 0.411 e. The molecule has 0 aliphatic carbocycles. The summed E-state index contributed by atoms with van der Waals surface area (Å²) in [5.74, 6) is 0.723. The molecule has 2 aliphatic heterocycles. The Hall–Kier alpha value is -2.68. The standard InChI is InChI=1S/C54H88Cl2N4O4/c1-4-6-8-10-12-14-16-18-20-22-24-26-38-59(39-27-25-23-21-19-17-15-13-11-9-7-5-2)54(62)64-46(3)60-51-45-48(35-33-47(51)34-36-52(60)61)63-44-29-28-37-57-40-42-58(43-41-57)50-32-30-31-49(55)53(50)56/h30-33,35,45-46H,4-29,34,36-44H2,1-3H3. The van der Waals surface area contributed by atoms with Crippen LogP contribution in [0, 0.1) is 0 Å². The van der Waals surface area contributed by atoms with Crippen molar-refractivity contribution in [3.63, 3.8) is 0 Å². The van der Waals surface area contributed by atoms with Crippen LogP contribution < -0.4 is 14.5 Å². The lowest BCUT2D eigenvalue weighted by molar-refractivity contribution is -0.120. The van der Waals surface area contributed by atoms with E-state index in [-0.39, 0.29) is 12.0 Å². The summed E-state index contributed by atoms with van der Waals surface area (Å²) in [5, 5.41) is 1.23. The van der Waals surface area contributed by atoms with Gasteiger partial charge >= 0.3 is 6.09 Å². The van der Waals surface area contributed by atoms with Gasteiger partial charge in [0.05, 0.1) is 28.0 Å². The van der Waals surface area contributed by atoms with Crippen LogP contribution in [0.3, 0.4) is 0 Å². The molecule has 0 saturated carbocycles. The van der Waals surface area contributed by atoms with E-state index in [2.05, 4.69) is 29.7 Å². The predicted molar refractivity (Wildman–Crippen MR) is 272 cm³/mol. The summed E-state index contributed by atoms with van der Waals surface area (Å²) in [6.07, 6.45) is 32.9. The summed E-state index contributed by atoms with van der Waals surface area (Å²) in [4.78, 5) is 35.8. The van der Waals surface area contributed by atoms with Crippen LogP contribution in [0.1, 0.15) is 200 Å². The number of halogens is 2. The molecule has 362 valence electrons. The van der Waals surface area contributed by atoms with E-state index in [4.69, 9.17) is 32.7 Å². The number of benzene rings is 2. The molecule has 2 amide bonds. The van der Waals surface area contributed by atoms with E-state index in [1.54, 1.807) is 4.90 Å². The number of unbranched alkanes of at least 4 members (excludes halogenated alkanes) is 23. The van der Waals surface area contributed by atoms with E-state index < -0.39 is 6.23 Å². The molecular weight excluding hydrogens is 840 g/mol. The highest BCUT2D eigenvalue weighted by molar-refractivity contribution is 6.43. The molecule has 0 radical (unpaired) electrons. The molecule has 10 heteroatoms. The van der Waals surface area contributed by atoms with Gasteiger partial charge in [-0.25, -0.2) is 4.79 Å². The fourth-order valence-corrected chi connectivity index (χ4v) is 9.81. The summed E-state index contributed by atoms with van der Waals surface area (Å²) in [5.41, 5.74) is 2.88. The lowest BCUT2D eigenvalue weighted by atomic mass is 10.0. The summed E-state index contributed by atoms with van der Waals surface area (Å²) >= 11 is 12.7. The molecule has 2 heterocycles. The number of piperazine rings is 1. The number of aryl methyl sites for hydroxylation is 1. The number of rotatable bonds is 35. The molecule has 2 aliphatic rings. The third-order valence-electron chi connectivity index (χ3n) is 13.4. The highest BCUT2D eigenvalue weighted by atomic mass is 35.5. The molecule has 64 heavy (non-hydrogen) atoms. The molecule has 1 atom stereocenters. The average Bonchev–Trinajstić information content (AvgIpc) is 3.29. The number of ether oxygens (including phenoxy) is 2. The van der Waals surface area contributed by atoms with E-state index in [0.29, 0.717) is 42.6 Å². The van der Waals surface area contributed by atoms with Crippen LogP contribution in [0.4, 0.5) is 16.2 Å². The first kappa shape index (κ1) is 53.9. The first-order valence-corrected chi connectivity index (χ1v) is 27.0. The van der Waals surface area contributed by atoms with Crippen molar-refractivity contribution in [1.82, 2.24) is 9.80 Å². The zero-order chi connectivity index (χ0) is 45.6. The molecule has 1 fully saturated rings. The maximum Gasteiger partial charge on any atom is 0.411 e. The first-order chi connectivity index (χ1) is 31.3. The number of hydrogen-bond acceptors (Lipinski definition) is 6. The van der Waals surface area contributed by atoms with Crippen molar-refractivity contribution < 1.29 is 19.1 Å². The molecule has 1 unspecified atom stereocenters. The summed E-state index contributed by atoms with van der Waals surface area (Å²) in [7, 11) is 0. The van der Waals surface area contributed by atoms with E-state index in [0.717, 1.165) is 93.9 Å². The van der Waals surface area contributed by atoms with Crippen molar-refractivity contribution in [3.05, 3.63) is 52.0 Å². The van der Waals surface area contributed by atoms with Gasteiger partial charge in [0.15, 0.2) is 6.23 Å². The van der Waals surface area contributed by atoms with Crippen LogP contribution in [-0.2, 0) is 16.0 Å². The van der Waals surface area contributed by atoms with Gasteiger partial charge in [-0.1, -0.05) is 190 Å². The average molecular weight is 928 g/mol. The lowest BCUT2D eigenvalue weighted by Crippen LogP contribution is -2.46. The van der Waals surface area contributed by atoms with Gasteiger partial charge < -0.3 is 19.3 Å². The Kier molecular flexibility index (Phi) is 27.7. The van der Waals surface area contributed by atoms with Crippen LogP contribution in [0.5, 0.6) is 5.75 Å². The minimum atomic E-state index is -0.712. The van der Waals surface area contributed by atoms with E-state index in [9.17, 15) is 9.59 Å². The molecule has 2 aromatic rings. The largest absolute Gasteiger partial charge is 0.494 e. The molecular formula is C54H88Cl2N4O4. The van der Waals surface area contributed by atoms with Crippen LogP contribution in [-0.4, -0.2) is 80.4 Å². The Balaban J connectivity index is 1.21. The number of carbonyl (C=O) groups is 2. The zero-order valence-electron chi connectivity index (χ0n) is 40.7. The van der Waals surface area contributed by atoms with E-state index in [1.165, 1.54) is 128 Å². The second-order valence-corrected chi connectivity index (χ2v) is 19.5. The molecule has 0 aromatic heterocycles. The maximum atomic E-state index is 13.9. The number of hydrogen-bond donors (Lipinski definition) is 0. The van der Waals surface area contributed by atoms with Gasteiger partial charge in [-0.3, -0.25) is 14.6 Å². The molecule has 0 bridgehead atoms. The topological polar surface area (TPSA) is 65.6 Å².